The fraction of sp³-hybridized carbons (Fsp3) is 0.231. The van der Waals surface area contributed by atoms with Crippen molar-refractivity contribution in [3.8, 4) is 0 Å². The normalized spacial score (nSPS) is 10.3. The number of hydrazine groups is 1. The van der Waals surface area contributed by atoms with Crippen molar-refractivity contribution in [3.63, 3.8) is 0 Å². The Morgan fingerprint density at radius 2 is 2.05 bits per heavy atom. The number of hydrogen-bond donors (Lipinski definition) is 3. The van der Waals surface area contributed by atoms with E-state index in [0.717, 1.165) is 5.69 Å². The molecule has 19 heavy (non-hydrogen) atoms. The van der Waals surface area contributed by atoms with Gasteiger partial charge in [-0.2, -0.15) is 4.98 Å². The molecular weight excluding hydrogens is 245 g/mol. The number of nitrogens with zero attached hydrogens (tertiary/aromatic N) is 2. The molecule has 5 nitrogen and oxygen atoms in total. The third kappa shape index (κ3) is 3.62. The van der Waals surface area contributed by atoms with Crippen molar-refractivity contribution < 1.29 is 4.39 Å². The second-order valence-corrected chi connectivity index (χ2v) is 4.13. The molecule has 0 bridgehead atoms. The van der Waals surface area contributed by atoms with Crippen LogP contribution in [0.4, 0.5) is 16.2 Å². The van der Waals surface area contributed by atoms with E-state index in [2.05, 4.69) is 20.7 Å². The summed E-state index contributed by atoms with van der Waals surface area (Å²) in [6.45, 7) is 2.44. The van der Waals surface area contributed by atoms with Gasteiger partial charge in [-0.25, -0.2) is 15.2 Å². The summed E-state index contributed by atoms with van der Waals surface area (Å²) in [5.41, 5.74) is 3.88. The first-order chi connectivity index (χ1) is 9.19. The number of hydrogen-bond acceptors (Lipinski definition) is 5. The molecule has 0 aliphatic rings. The molecule has 0 aliphatic carbocycles. The second kappa shape index (κ2) is 6.10. The van der Waals surface area contributed by atoms with Crippen molar-refractivity contribution in [2.24, 2.45) is 5.84 Å². The van der Waals surface area contributed by atoms with Crippen LogP contribution >= 0.6 is 0 Å². The summed E-state index contributed by atoms with van der Waals surface area (Å²) in [6.07, 6.45) is 0.584. The SMILES string of the molecule is Cc1cc(NCCc2ccccc2F)nc(NN)n1. The molecule has 0 amide bonds. The molecule has 0 unspecified atom stereocenters. The molecule has 0 atom stereocenters. The topological polar surface area (TPSA) is 75.9 Å². The minimum atomic E-state index is -0.188. The summed E-state index contributed by atoms with van der Waals surface area (Å²) in [5.74, 6) is 6.11. The first kappa shape index (κ1) is 13.2. The van der Waals surface area contributed by atoms with Gasteiger partial charge in [0, 0.05) is 18.3 Å². The first-order valence-corrected chi connectivity index (χ1v) is 5.98. The third-order valence-corrected chi connectivity index (χ3v) is 2.64. The van der Waals surface area contributed by atoms with Crippen LogP contribution in [-0.2, 0) is 6.42 Å². The maximum atomic E-state index is 13.4. The quantitative estimate of drug-likeness (QED) is 0.566. The van der Waals surface area contributed by atoms with E-state index in [1.807, 2.05) is 19.1 Å². The summed E-state index contributed by atoms with van der Waals surface area (Å²) >= 11 is 0. The molecule has 6 heteroatoms. The fourth-order valence-corrected chi connectivity index (χ4v) is 1.75. The van der Waals surface area contributed by atoms with Gasteiger partial charge in [0.25, 0.3) is 0 Å². The Kier molecular flexibility index (Phi) is 4.25. The number of rotatable bonds is 5. The average Bonchev–Trinajstić information content (AvgIpc) is 2.40. The zero-order chi connectivity index (χ0) is 13.7. The van der Waals surface area contributed by atoms with Gasteiger partial charge >= 0.3 is 0 Å². The summed E-state index contributed by atoms with van der Waals surface area (Å²) in [4.78, 5) is 8.24. The van der Waals surface area contributed by atoms with E-state index >= 15 is 0 Å². The Morgan fingerprint density at radius 1 is 1.26 bits per heavy atom. The Labute approximate surface area is 111 Å². The van der Waals surface area contributed by atoms with E-state index in [9.17, 15) is 4.39 Å². The monoisotopic (exact) mass is 261 g/mol. The largest absolute Gasteiger partial charge is 0.370 e. The third-order valence-electron chi connectivity index (χ3n) is 2.64. The van der Waals surface area contributed by atoms with Crippen molar-refractivity contribution in [3.05, 3.63) is 47.4 Å². The number of aromatic nitrogens is 2. The molecule has 2 aromatic rings. The molecule has 0 fully saturated rings. The summed E-state index contributed by atoms with van der Waals surface area (Å²) < 4.78 is 13.4. The van der Waals surface area contributed by atoms with Crippen LogP contribution in [0, 0.1) is 12.7 Å². The van der Waals surface area contributed by atoms with E-state index in [0.29, 0.717) is 30.3 Å². The highest BCUT2D eigenvalue weighted by Gasteiger charge is 2.02. The van der Waals surface area contributed by atoms with Crippen LogP contribution in [0.15, 0.2) is 30.3 Å². The standard InChI is InChI=1S/C13H16FN5/c1-9-8-12(18-13(17-9)19-15)16-7-6-10-4-2-3-5-11(10)14/h2-5,8H,6-7,15H2,1H3,(H2,16,17,18,19). The van der Waals surface area contributed by atoms with E-state index in [1.54, 1.807) is 12.1 Å². The molecule has 4 N–H and O–H groups in total. The predicted octanol–water partition coefficient (Wildman–Crippen LogP) is 1.86. The molecule has 0 radical (unpaired) electrons. The first-order valence-electron chi connectivity index (χ1n) is 5.98. The lowest BCUT2D eigenvalue weighted by molar-refractivity contribution is 0.610. The van der Waals surface area contributed by atoms with Gasteiger partial charge in [-0.1, -0.05) is 18.2 Å². The van der Waals surface area contributed by atoms with Gasteiger partial charge < -0.3 is 5.32 Å². The van der Waals surface area contributed by atoms with E-state index < -0.39 is 0 Å². The van der Waals surface area contributed by atoms with Crippen molar-refractivity contribution in [2.75, 3.05) is 17.3 Å². The van der Waals surface area contributed by atoms with Crippen LogP contribution < -0.4 is 16.6 Å². The van der Waals surface area contributed by atoms with E-state index in [-0.39, 0.29) is 5.82 Å². The van der Waals surface area contributed by atoms with Gasteiger partial charge in [0.05, 0.1) is 0 Å². The Balaban J connectivity index is 1.96. The number of nitrogens with one attached hydrogen (secondary N) is 2. The van der Waals surface area contributed by atoms with Crippen LogP contribution in [0.3, 0.4) is 0 Å². The number of nitrogen functional groups attached to an aromatic ring is 1. The van der Waals surface area contributed by atoms with Gasteiger partial charge in [-0.05, 0) is 25.0 Å². The molecule has 2 rings (SSSR count). The highest BCUT2D eigenvalue weighted by Crippen LogP contribution is 2.10. The summed E-state index contributed by atoms with van der Waals surface area (Å²) in [7, 11) is 0. The van der Waals surface area contributed by atoms with Gasteiger partial charge in [-0.3, -0.25) is 5.43 Å². The summed E-state index contributed by atoms with van der Waals surface area (Å²) in [5, 5.41) is 3.12. The van der Waals surface area contributed by atoms with Crippen LogP contribution in [0.5, 0.6) is 0 Å². The number of benzene rings is 1. The van der Waals surface area contributed by atoms with Crippen molar-refractivity contribution in [1.29, 1.82) is 0 Å². The highest BCUT2D eigenvalue weighted by atomic mass is 19.1. The van der Waals surface area contributed by atoms with Crippen LogP contribution in [0.25, 0.3) is 0 Å². The lowest BCUT2D eigenvalue weighted by atomic mass is 10.1. The molecule has 0 aliphatic heterocycles. The molecule has 0 saturated carbocycles. The van der Waals surface area contributed by atoms with Crippen molar-refractivity contribution in [2.45, 2.75) is 13.3 Å². The van der Waals surface area contributed by atoms with Gasteiger partial charge in [-0.15, -0.1) is 0 Å². The molecular formula is C13H16FN5. The Bertz CT molecular complexity index is 558. The van der Waals surface area contributed by atoms with E-state index in [1.165, 1.54) is 6.07 Å². The van der Waals surface area contributed by atoms with Crippen molar-refractivity contribution in [1.82, 2.24) is 9.97 Å². The highest BCUT2D eigenvalue weighted by molar-refractivity contribution is 5.41. The molecule has 1 aromatic carbocycles. The summed E-state index contributed by atoms with van der Waals surface area (Å²) in [6, 6.07) is 8.54. The zero-order valence-corrected chi connectivity index (χ0v) is 10.7. The molecule has 100 valence electrons. The lowest BCUT2D eigenvalue weighted by Gasteiger charge is -2.08. The van der Waals surface area contributed by atoms with Crippen molar-refractivity contribution >= 4 is 11.8 Å². The molecule has 0 saturated heterocycles. The van der Waals surface area contributed by atoms with Gasteiger partial charge in [0.2, 0.25) is 5.95 Å². The van der Waals surface area contributed by atoms with Gasteiger partial charge in [0.1, 0.15) is 11.6 Å². The maximum Gasteiger partial charge on any atom is 0.239 e. The molecule has 1 aromatic heterocycles. The fourth-order valence-electron chi connectivity index (χ4n) is 1.75. The van der Waals surface area contributed by atoms with Crippen LogP contribution in [-0.4, -0.2) is 16.5 Å². The number of aryl methyl sites for hydroxylation is 1. The molecule has 1 heterocycles. The maximum absolute atomic E-state index is 13.4. The smallest absolute Gasteiger partial charge is 0.239 e. The zero-order valence-electron chi connectivity index (χ0n) is 10.7. The predicted molar refractivity (Wildman–Crippen MR) is 73.2 cm³/mol. The number of anilines is 2. The Hall–Kier alpha value is -2.21. The minimum absolute atomic E-state index is 0.188. The van der Waals surface area contributed by atoms with E-state index in [4.69, 9.17) is 5.84 Å². The second-order valence-electron chi connectivity index (χ2n) is 4.13. The molecule has 0 spiro atoms. The van der Waals surface area contributed by atoms with Crippen LogP contribution in [0.2, 0.25) is 0 Å². The lowest BCUT2D eigenvalue weighted by Crippen LogP contribution is -2.13. The van der Waals surface area contributed by atoms with Crippen LogP contribution in [0.1, 0.15) is 11.3 Å². The van der Waals surface area contributed by atoms with Gasteiger partial charge in [0.15, 0.2) is 0 Å². The minimum Gasteiger partial charge on any atom is -0.370 e. The Morgan fingerprint density at radius 3 is 2.79 bits per heavy atom. The number of nitrogens with two attached hydrogens (primary N) is 1. The number of halogens is 1. The average molecular weight is 261 g/mol.